The average Bonchev–Trinajstić information content (AvgIpc) is 2.79. The van der Waals surface area contributed by atoms with Crippen LogP contribution in [0.2, 0.25) is 0 Å². The lowest BCUT2D eigenvalue weighted by molar-refractivity contribution is 0.168. The lowest BCUT2D eigenvalue weighted by Gasteiger charge is -2.25. The van der Waals surface area contributed by atoms with E-state index in [4.69, 9.17) is 9.47 Å². The van der Waals surface area contributed by atoms with E-state index in [0.717, 1.165) is 24.5 Å². The van der Waals surface area contributed by atoms with Crippen LogP contribution in [-0.2, 0) is 0 Å². The lowest BCUT2D eigenvalue weighted by Crippen LogP contribution is -2.39. The van der Waals surface area contributed by atoms with E-state index in [1.54, 1.807) is 7.11 Å². The van der Waals surface area contributed by atoms with E-state index in [0.29, 0.717) is 5.92 Å². The van der Waals surface area contributed by atoms with E-state index in [2.05, 4.69) is 24.9 Å². The Bertz CT molecular complexity index is 495. The number of para-hydroxylation sites is 1. The Balaban J connectivity index is 2.09. The first kappa shape index (κ1) is 10.6. The van der Waals surface area contributed by atoms with E-state index >= 15 is 0 Å². The van der Waals surface area contributed by atoms with Crippen LogP contribution >= 0.6 is 0 Å². The fourth-order valence-electron chi connectivity index (χ4n) is 3.01. The Morgan fingerprint density at radius 1 is 1.53 bits per heavy atom. The molecule has 3 heteroatoms. The molecular formula is C14H17NO2. The predicted octanol–water partition coefficient (Wildman–Crippen LogP) is 2.79. The van der Waals surface area contributed by atoms with Gasteiger partial charge in [-0.2, -0.15) is 0 Å². The monoisotopic (exact) mass is 231 g/mol. The molecule has 17 heavy (non-hydrogen) atoms. The summed E-state index contributed by atoms with van der Waals surface area (Å²) < 4.78 is 11.6. The zero-order chi connectivity index (χ0) is 12.0. The minimum absolute atomic E-state index is 0.258. The third-order valence-corrected chi connectivity index (χ3v) is 3.96. The molecule has 0 saturated carbocycles. The van der Waals surface area contributed by atoms with Gasteiger partial charge in [-0.1, -0.05) is 19.1 Å². The Hall–Kier alpha value is -1.51. The molecule has 0 spiro atoms. The molecule has 2 heterocycles. The van der Waals surface area contributed by atoms with Gasteiger partial charge >= 0.3 is 0 Å². The first-order valence-corrected chi connectivity index (χ1v) is 6.10. The van der Waals surface area contributed by atoms with Gasteiger partial charge in [-0.15, -0.1) is 0 Å². The lowest BCUT2D eigenvalue weighted by atomic mass is 9.84. The topological polar surface area (TPSA) is 30.8 Å². The Morgan fingerprint density at radius 2 is 2.35 bits per heavy atom. The van der Waals surface area contributed by atoms with Gasteiger partial charge in [-0.05, 0) is 19.4 Å². The second kappa shape index (κ2) is 3.49. The molecule has 0 amide bonds. The highest BCUT2D eigenvalue weighted by Crippen LogP contribution is 2.52. The van der Waals surface area contributed by atoms with Crippen molar-refractivity contribution in [2.75, 3.05) is 13.7 Å². The van der Waals surface area contributed by atoms with Gasteiger partial charge in [0, 0.05) is 5.56 Å². The number of hydrogen-bond acceptors (Lipinski definition) is 3. The van der Waals surface area contributed by atoms with Crippen LogP contribution in [0.4, 0.5) is 0 Å². The smallest absolute Gasteiger partial charge is 0.166 e. The van der Waals surface area contributed by atoms with Gasteiger partial charge < -0.3 is 9.47 Å². The SMILES string of the molecule is CCC1=NC[C@@H]2c3cccc(OC)c3O[C@]12C. The first-order valence-electron chi connectivity index (χ1n) is 6.10. The average molecular weight is 231 g/mol. The number of ether oxygens (including phenoxy) is 2. The summed E-state index contributed by atoms with van der Waals surface area (Å²) in [5, 5.41) is 0. The minimum Gasteiger partial charge on any atom is -0.493 e. The van der Waals surface area contributed by atoms with Crippen LogP contribution in [0.15, 0.2) is 23.2 Å². The maximum atomic E-state index is 6.19. The molecule has 3 rings (SSSR count). The number of aliphatic imine (C=N–C) groups is 1. The largest absolute Gasteiger partial charge is 0.493 e. The Morgan fingerprint density at radius 3 is 3.06 bits per heavy atom. The molecule has 2 aliphatic rings. The molecule has 2 aliphatic heterocycles. The highest BCUT2D eigenvalue weighted by Gasteiger charge is 2.51. The van der Waals surface area contributed by atoms with Crippen molar-refractivity contribution in [1.82, 2.24) is 0 Å². The Kier molecular flexibility index (Phi) is 2.18. The number of fused-ring (bicyclic) bond motifs is 3. The van der Waals surface area contributed by atoms with Gasteiger partial charge in [0.25, 0.3) is 0 Å². The summed E-state index contributed by atoms with van der Waals surface area (Å²) in [5.41, 5.74) is 2.14. The molecule has 3 nitrogen and oxygen atoms in total. The molecule has 0 unspecified atom stereocenters. The molecule has 0 fully saturated rings. The van der Waals surface area contributed by atoms with Crippen LogP contribution in [0.25, 0.3) is 0 Å². The first-order chi connectivity index (χ1) is 8.20. The molecule has 0 bridgehead atoms. The van der Waals surface area contributed by atoms with Crippen molar-refractivity contribution in [2.45, 2.75) is 31.8 Å². The fourth-order valence-corrected chi connectivity index (χ4v) is 3.01. The standard InChI is InChI=1S/C14H17NO2/c1-4-12-14(2)10(8-15-12)9-6-5-7-11(16-3)13(9)17-14/h5-7,10H,4,8H2,1-3H3/t10-,14+/m1/s1. The summed E-state index contributed by atoms with van der Waals surface area (Å²) in [7, 11) is 1.68. The van der Waals surface area contributed by atoms with Crippen LogP contribution in [0, 0.1) is 0 Å². The van der Waals surface area contributed by atoms with Crippen molar-refractivity contribution in [2.24, 2.45) is 4.99 Å². The van der Waals surface area contributed by atoms with Gasteiger partial charge in [0.1, 0.15) is 0 Å². The number of rotatable bonds is 2. The van der Waals surface area contributed by atoms with Crippen LogP contribution in [0.3, 0.4) is 0 Å². The maximum absolute atomic E-state index is 6.19. The second-order valence-electron chi connectivity index (χ2n) is 4.78. The van der Waals surface area contributed by atoms with Gasteiger partial charge in [-0.3, -0.25) is 4.99 Å². The molecule has 1 aromatic carbocycles. The fraction of sp³-hybridized carbons (Fsp3) is 0.500. The zero-order valence-corrected chi connectivity index (χ0v) is 10.5. The van der Waals surface area contributed by atoms with E-state index in [1.807, 2.05) is 12.1 Å². The molecule has 0 aliphatic carbocycles. The van der Waals surface area contributed by atoms with Crippen molar-refractivity contribution < 1.29 is 9.47 Å². The normalized spacial score (nSPS) is 29.4. The molecular weight excluding hydrogens is 214 g/mol. The predicted molar refractivity (Wildman–Crippen MR) is 67.4 cm³/mol. The number of nitrogens with zero attached hydrogens (tertiary/aromatic N) is 1. The molecule has 0 radical (unpaired) electrons. The van der Waals surface area contributed by atoms with Crippen molar-refractivity contribution in [1.29, 1.82) is 0 Å². The Labute approximate surface area is 101 Å². The molecule has 2 atom stereocenters. The summed E-state index contributed by atoms with van der Waals surface area (Å²) in [6.07, 6.45) is 0.948. The number of benzene rings is 1. The van der Waals surface area contributed by atoms with Crippen molar-refractivity contribution in [3.8, 4) is 11.5 Å². The van der Waals surface area contributed by atoms with Gasteiger partial charge in [0.2, 0.25) is 0 Å². The third-order valence-electron chi connectivity index (χ3n) is 3.96. The van der Waals surface area contributed by atoms with Crippen molar-refractivity contribution >= 4 is 5.71 Å². The minimum atomic E-state index is -0.258. The summed E-state index contributed by atoms with van der Waals surface area (Å²) in [6.45, 7) is 5.11. The second-order valence-corrected chi connectivity index (χ2v) is 4.78. The summed E-state index contributed by atoms with van der Waals surface area (Å²) >= 11 is 0. The number of methoxy groups -OCH3 is 1. The molecule has 1 aromatic rings. The van der Waals surface area contributed by atoms with Crippen molar-refractivity contribution in [3.05, 3.63) is 23.8 Å². The number of hydrogen-bond donors (Lipinski definition) is 0. The van der Waals surface area contributed by atoms with Gasteiger partial charge in [0.05, 0.1) is 25.3 Å². The molecule has 0 N–H and O–H groups in total. The van der Waals surface area contributed by atoms with Crippen molar-refractivity contribution in [3.63, 3.8) is 0 Å². The molecule has 0 saturated heterocycles. The van der Waals surface area contributed by atoms with Crippen LogP contribution in [-0.4, -0.2) is 25.0 Å². The quantitative estimate of drug-likeness (QED) is 0.783. The zero-order valence-electron chi connectivity index (χ0n) is 10.5. The van der Waals surface area contributed by atoms with Crippen LogP contribution in [0.5, 0.6) is 11.5 Å². The van der Waals surface area contributed by atoms with Gasteiger partial charge in [0.15, 0.2) is 17.1 Å². The highest BCUT2D eigenvalue weighted by atomic mass is 16.5. The summed E-state index contributed by atoms with van der Waals surface area (Å²) in [5.74, 6) is 2.08. The van der Waals surface area contributed by atoms with Gasteiger partial charge in [-0.25, -0.2) is 0 Å². The van der Waals surface area contributed by atoms with E-state index in [9.17, 15) is 0 Å². The van der Waals surface area contributed by atoms with E-state index < -0.39 is 0 Å². The maximum Gasteiger partial charge on any atom is 0.166 e. The molecule has 0 aromatic heterocycles. The summed E-state index contributed by atoms with van der Waals surface area (Å²) in [6, 6.07) is 6.10. The van der Waals surface area contributed by atoms with Crippen LogP contribution in [0.1, 0.15) is 31.7 Å². The van der Waals surface area contributed by atoms with Crippen LogP contribution < -0.4 is 9.47 Å². The highest BCUT2D eigenvalue weighted by molar-refractivity contribution is 5.96. The third kappa shape index (κ3) is 1.25. The van der Waals surface area contributed by atoms with E-state index in [-0.39, 0.29) is 5.60 Å². The molecule has 90 valence electrons. The summed E-state index contributed by atoms with van der Waals surface area (Å²) in [4.78, 5) is 4.62. The van der Waals surface area contributed by atoms with E-state index in [1.165, 1.54) is 11.3 Å².